The molecule has 0 fully saturated rings. The monoisotopic (exact) mass is 416 g/mol. The van der Waals surface area contributed by atoms with Crippen LogP contribution in [-0.2, 0) is 24.4 Å². The van der Waals surface area contributed by atoms with Crippen LogP contribution in [0.5, 0.6) is 0 Å². The van der Waals surface area contributed by atoms with E-state index in [0.29, 0.717) is 35.8 Å². The highest BCUT2D eigenvalue weighted by Gasteiger charge is 2.28. The van der Waals surface area contributed by atoms with Crippen LogP contribution in [-0.4, -0.2) is 25.6 Å². The molecule has 2 aromatic heterocycles. The first kappa shape index (κ1) is 19.2. The van der Waals surface area contributed by atoms with Crippen LogP contribution in [0, 0.1) is 19.7 Å². The van der Waals surface area contributed by atoms with Gasteiger partial charge in [0.2, 0.25) is 5.91 Å². The van der Waals surface area contributed by atoms with Crippen molar-refractivity contribution in [2.75, 3.05) is 0 Å². The van der Waals surface area contributed by atoms with E-state index in [1.165, 1.54) is 6.07 Å². The summed E-state index contributed by atoms with van der Waals surface area (Å²) in [5.74, 6) is 1.00. The van der Waals surface area contributed by atoms with E-state index < -0.39 is 0 Å². The normalized spacial score (nSPS) is 12.9. The lowest BCUT2D eigenvalue weighted by Crippen LogP contribution is -2.30. The number of hydrogen-bond donors (Lipinski definition) is 0. The Morgan fingerprint density at radius 1 is 1.06 bits per heavy atom. The van der Waals surface area contributed by atoms with E-state index in [-0.39, 0.29) is 18.3 Å². The number of benzene rings is 2. The number of carbonyl (C=O) groups excluding carboxylic acids is 1. The molecule has 0 aliphatic carbocycles. The maximum Gasteiger partial charge on any atom is 0.245 e. The molecule has 2 aromatic carbocycles. The predicted octanol–water partition coefficient (Wildman–Crippen LogP) is 4.50. The summed E-state index contributed by atoms with van der Waals surface area (Å²) in [5, 5.41) is 4.65. The Bertz CT molecular complexity index is 1250. The zero-order valence-electron chi connectivity index (χ0n) is 17.3. The maximum atomic E-state index is 14.1. The zero-order valence-corrected chi connectivity index (χ0v) is 17.3. The number of rotatable bonds is 4. The van der Waals surface area contributed by atoms with Gasteiger partial charge in [0.15, 0.2) is 5.89 Å². The van der Waals surface area contributed by atoms with Crippen LogP contribution in [0.25, 0.3) is 22.5 Å². The number of oxazole rings is 1. The predicted molar refractivity (Wildman–Crippen MR) is 113 cm³/mol. The van der Waals surface area contributed by atoms with E-state index in [9.17, 15) is 9.18 Å². The van der Waals surface area contributed by atoms with Crippen LogP contribution in [0.4, 0.5) is 4.39 Å². The Hall–Kier alpha value is -3.74. The molecule has 1 aliphatic heterocycles. The second-order valence-electron chi connectivity index (χ2n) is 7.76. The van der Waals surface area contributed by atoms with Crippen LogP contribution in [0.2, 0.25) is 0 Å². The third-order valence-corrected chi connectivity index (χ3v) is 5.52. The van der Waals surface area contributed by atoms with Gasteiger partial charge >= 0.3 is 0 Å². The largest absolute Gasteiger partial charge is 0.444 e. The number of nitrogens with zero attached hydrogens (tertiary/aromatic N) is 4. The van der Waals surface area contributed by atoms with Crippen molar-refractivity contribution in [3.63, 3.8) is 0 Å². The molecular weight excluding hydrogens is 395 g/mol. The number of hydrogen-bond acceptors (Lipinski definition) is 4. The Morgan fingerprint density at radius 2 is 1.87 bits per heavy atom. The summed E-state index contributed by atoms with van der Waals surface area (Å²) >= 11 is 0. The summed E-state index contributed by atoms with van der Waals surface area (Å²) in [5.41, 5.74) is 4.42. The number of aromatic nitrogens is 3. The summed E-state index contributed by atoms with van der Waals surface area (Å²) in [7, 11) is 0. The molecule has 1 amide bonds. The van der Waals surface area contributed by atoms with Crippen molar-refractivity contribution >= 4 is 5.91 Å². The molecule has 4 aromatic rings. The quantitative estimate of drug-likeness (QED) is 0.491. The second-order valence-corrected chi connectivity index (χ2v) is 7.76. The summed E-state index contributed by atoms with van der Waals surface area (Å²) in [4.78, 5) is 19.1. The lowest BCUT2D eigenvalue weighted by atomic mass is 10.1. The molecule has 0 spiro atoms. The van der Waals surface area contributed by atoms with Crippen molar-refractivity contribution < 1.29 is 13.6 Å². The van der Waals surface area contributed by atoms with E-state index in [4.69, 9.17) is 4.42 Å². The second kappa shape index (κ2) is 7.50. The molecule has 156 valence electrons. The molecule has 7 heteroatoms. The first-order valence-electron chi connectivity index (χ1n) is 10.1. The van der Waals surface area contributed by atoms with E-state index in [1.807, 2.05) is 42.5 Å². The van der Waals surface area contributed by atoms with Gasteiger partial charge in [-0.05, 0) is 30.2 Å². The minimum atomic E-state index is -0.280. The van der Waals surface area contributed by atoms with Gasteiger partial charge in [-0.2, -0.15) is 5.10 Å². The fraction of sp³-hybridized carbons (Fsp3) is 0.208. The Labute approximate surface area is 178 Å². The Morgan fingerprint density at radius 3 is 2.61 bits per heavy atom. The number of aryl methyl sites for hydroxylation is 2. The van der Waals surface area contributed by atoms with E-state index >= 15 is 0 Å². The van der Waals surface area contributed by atoms with Gasteiger partial charge in [0.05, 0.1) is 24.5 Å². The number of amides is 1. The lowest BCUT2D eigenvalue weighted by Gasteiger charge is -2.16. The van der Waals surface area contributed by atoms with Crippen molar-refractivity contribution in [3.8, 4) is 22.5 Å². The smallest absolute Gasteiger partial charge is 0.245 e. The molecule has 0 radical (unpaired) electrons. The van der Waals surface area contributed by atoms with Gasteiger partial charge in [-0.15, -0.1) is 0 Å². The van der Waals surface area contributed by atoms with Gasteiger partial charge in [0, 0.05) is 12.5 Å². The van der Waals surface area contributed by atoms with Gasteiger partial charge in [0.1, 0.15) is 23.8 Å². The van der Waals surface area contributed by atoms with E-state index in [0.717, 1.165) is 22.7 Å². The molecular formula is C24H21FN4O2. The van der Waals surface area contributed by atoms with Crippen molar-refractivity contribution in [2.45, 2.75) is 33.5 Å². The summed E-state index contributed by atoms with van der Waals surface area (Å²) < 4.78 is 21.4. The summed E-state index contributed by atoms with van der Waals surface area (Å²) in [6.07, 6.45) is 0. The summed E-state index contributed by atoms with van der Waals surface area (Å²) in [6.45, 7) is 4.44. The summed E-state index contributed by atoms with van der Waals surface area (Å²) in [6, 6.07) is 16.7. The van der Waals surface area contributed by atoms with Gasteiger partial charge in [-0.25, -0.2) is 9.37 Å². The highest BCUT2D eigenvalue weighted by Crippen LogP contribution is 2.28. The van der Waals surface area contributed by atoms with E-state index in [2.05, 4.69) is 10.1 Å². The molecule has 31 heavy (non-hydrogen) atoms. The molecule has 0 bridgehead atoms. The van der Waals surface area contributed by atoms with Crippen molar-refractivity contribution in [2.24, 2.45) is 0 Å². The van der Waals surface area contributed by atoms with Crippen molar-refractivity contribution in [1.82, 2.24) is 19.7 Å². The van der Waals surface area contributed by atoms with Crippen molar-refractivity contribution in [3.05, 3.63) is 83.3 Å². The minimum Gasteiger partial charge on any atom is -0.444 e. The minimum absolute atomic E-state index is 0.0713. The van der Waals surface area contributed by atoms with Crippen LogP contribution in [0.1, 0.15) is 22.9 Å². The third-order valence-electron chi connectivity index (χ3n) is 5.52. The van der Waals surface area contributed by atoms with Gasteiger partial charge in [0.25, 0.3) is 0 Å². The third kappa shape index (κ3) is 3.63. The number of carbonyl (C=O) groups is 1. The first-order valence-corrected chi connectivity index (χ1v) is 10.1. The average molecular weight is 416 g/mol. The Kier molecular flexibility index (Phi) is 4.66. The molecule has 6 nitrogen and oxygen atoms in total. The molecule has 0 atom stereocenters. The van der Waals surface area contributed by atoms with Gasteiger partial charge in [-0.1, -0.05) is 42.5 Å². The molecule has 3 heterocycles. The molecule has 0 saturated heterocycles. The molecule has 0 saturated carbocycles. The first-order chi connectivity index (χ1) is 15.0. The van der Waals surface area contributed by atoms with Gasteiger partial charge in [-0.3, -0.25) is 9.48 Å². The van der Waals surface area contributed by atoms with Crippen LogP contribution in [0.15, 0.2) is 59.0 Å². The van der Waals surface area contributed by atoms with Gasteiger partial charge < -0.3 is 9.32 Å². The molecule has 5 rings (SSSR count). The number of fused-ring (bicyclic) bond motifs is 1. The topological polar surface area (TPSA) is 64.2 Å². The molecule has 0 unspecified atom stereocenters. The van der Waals surface area contributed by atoms with Crippen LogP contribution >= 0.6 is 0 Å². The molecule has 0 N–H and O–H groups in total. The highest BCUT2D eigenvalue weighted by atomic mass is 19.1. The fourth-order valence-corrected chi connectivity index (χ4v) is 3.85. The highest BCUT2D eigenvalue weighted by molar-refractivity contribution is 5.78. The van der Waals surface area contributed by atoms with Crippen LogP contribution < -0.4 is 0 Å². The number of halogens is 1. The Balaban J connectivity index is 1.46. The standard InChI is InChI=1S/C24H21FN4O2/c1-15-8-9-18(10-19(15)25)20-11-22(17-6-4-3-5-7-17)29(27-20)14-24(30)28-12-21-23(13-28)31-16(2)26-21/h3-11H,12-14H2,1-2H3. The van der Waals surface area contributed by atoms with E-state index in [1.54, 1.807) is 29.5 Å². The maximum absolute atomic E-state index is 14.1. The average Bonchev–Trinajstić information content (AvgIpc) is 3.43. The molecule has 1 aliphatic rings. The lowest BCUT2D eigenvalue weighted by molar-refractivity contribution is -0.132. The van der Waals surface area contributed by atoms with Crippen molar-refractivity contribution in [1.29, 1.82) is 0 Å². The fourth-order valence-electron chi connectivity index (χ4n) is 3.85. The zero-order chi connectivity index (χ0) is 21.5. The van der Waals surface area contributed by atoms with Crippen LogP contribution in [0.3, 0.4) is 0 Å². The SMILES string of the molecule is Cc1nc2c(o1)CN(C(=O)Cn1nc(-c3ccc(C)c(F)c3)cc1-c1ccccc1)C2.